The van der Waals surface area contributed by atoms with Crippen LogP contribution in [0.1, 0.15) is 26.7 Å². The van der Waals surface area contributed by atoms with E-state index in [9.17, 15) is 14.4 Å². The quantitative estimate of drug-likeness (QED) is 0.447. The Morgan fingerprint density at radius 3 is 2.18 bits per heavy atom. The molecule has 0 radical (unpaired) electrons. The molecule has 7 nitrogen and oxygen atoms in total. The molecule has 0 spiro atoms. The summed E-state index contributed by atoms with van der Waals surface area (Å²) in [6.07, 6.45) is -0.143. The van der Waals surface area contributed by atoms with Gasteiger partial charge in [-0.15, -0.1) is 0 Å². The van der Waals surface area contributed by atoms with Crippen LogP contribution < -0.4 is 16.8 Å². The molecule has 0 saturated carbocycles. The Bertz CT molecular complexity index is 304. The standard InChI is InChI=1S/C10H19N3O4/c1-5(2)8(12)9(15)13-6(10(16)17)3-4-7(11)14/h5-6,8H,3-4,12H2,1-2H3,(H2,11,14)(H,13,15)(H,16,17). The van der Waals surface area contributed by atoms with Crippen molar-refractivity contribution in [2.24, 2.45) is 17.4 Å². The molecule has 0 aromatic carbocycles. The van der Waals surface area contributed by atoms with Crippen LogP contribution in [-0.4, -0.2) is 35.0 Å². The minimum absolute atomic E-state index is 0.0405. The van der Waals surface area contributed by atoms with Gasteiger partial charge in [-0.2, -0.15) is 0 Å². The second-order valence-corrected chi connectivity index (χ2v) is 4.17. The summed E-state index contributed by atoms with van der Waals surface area (Å²) in [7, 11) is 0. The Labute approximate surface area is 99.5 Å². The predicted molar refractivity (Wildman–Crippen MR) is 60.8 cm³/mol. The van der Waals surface area contributed by atoms with Crippen LogP contribution in [0.4, 0.5) is 0 Å². The molecule has 0 rings (SSSR count). The minimum Gasteiger partial charge on any atom is -0.480 e. The van der Waals surface area contributed by atoms with Crippen LogP contribution in [0.15, 0.2) is 0 Å². The van der Waals surface area contributed by atoms with Gasteiger partial charge in [-0.25, -0.2) is 4.79 Å². The summed E-state index contributed by atoms with van der Waals surface area (Å²) in [5, 5.41) is 11.1. The first kappa shape index (κ1) is 15.4. The van der Waals surface area contributed by atoms with Crippen molar-refractivity contribution in [1.82, 2.24) is 5.32 Å². The molecule has 0 saturated heterocycles. The van der Waals surface area contributed by atoms with Crippen molar-refractivity contribution in [3.8, 4) is 0 Å². The molecule has 2 amide bonds. The van der Waals surface area contributed by atoms with Gasteiger partial charge in [0.15, 0.2) is 0 Å². The van der Waals surface area contributed by atoms with Gasteiger partial charge in [0.2, 0.25) is 11.8 Å². The maximum absolute atomic E-state index is 11.5. The number of carbonyl (C=O) groups excluding carboxylic acids is 2. The van der Waals surface area contributed by atoms with Crippen LogP contribution in [0.25, 0.3) is 0 Å². The highest BCUT2D eigenvalue weighted by Crippen LogP contribution is 2.02. The smallest absolute Gasteiger partial charge is 0.326 e. The van der Waals surface area contributed by atoms with E-state index in [1.165, 1.54) is 0 Å². The number of hydrogen-bond donors (Lipinski definition) is 4. The molecule has 0 bridgehead atoms. The van der Waals surface area contributed by atoms with Gasteiger partial charge in [-0.1, -0.05) is 13.8 Å². The van der Waals surface area contributed by atoms with E-state index in [1.54, 1.807) is 13.8 Å². The lowest BCUT2D eigenvalue weighted by atomic mass is 10.0. The molecule has 0 aliphatic carbocycles. The monoisotopic (exact) mass is 245 g/mol. The van der Waals surface area contributed by atoms with Gasteiger partial charge in [-0.3, -0.25) is 9.59 Å². The molecule has 0 aliphatic rings. The lowest BCUT2D eigenvalue weighted by Gasteiger charge is -2.19. The molecule has 98 valence electrons. The largest absolute Gasteiger partial charge is 0.480 e. The highest BCUT2D eigenvalue weighted by Gasteiger charge is 2.24. The zero-order chi connectivity index (χ0) is 13.6. The number of amides is 2. The Kier molecular flexibility index (Phi) is 6.19. The Hall–Kier alpha value is -1.63. The van der Waals surface area contributed by atoms with E-state index in [1.807, 2.05) is 0 Å². The van der Waals surface area contributed by atoms with Crippen LogP contribution in [0, 0.1) is 5.92 Å². The second kappa shape index (κ2) is 6.85. The number of rotatable bonds is 7. The van der Waals surface area contributed by atoms with E-state index in [0.29, 0.717) is 0 Å². The van der Waals surface area contributed by atoms with Crippen molar-refractivity contribution in [2.45, 2.75) is 38.8 Å². The normalized spacial score (nSPS) is 14.1. The highest BCUT2D eigenvalue weighted by molar-refractivity contribution is 5.87. The lowest BCUT2D eigenvalue weighted by Crippen LogP contribution is -2.50. The molecule has 2 atom stereocenters. The van der Waals surface area contributed by atoms with Gasteiger partial charge < -0.3 is 21.9 Å². The van der Waals surface area contributed by atoms with Crippen LogP contribution in [0.5, 0.6) is 0 Å². The molecule has 0 aromatic heterocycles. The number of carbonyl (C=O) groups is 3. The molecule has 0 fully saturated rings. The average Bonchev–Trinajstić information content (AvgIpc) is 2.21. The molecular weight excluding hydrogens is 226 g/mol. The predicted octanol–water partition coefficient (Wildman–Crippen LogP) is -1.20. The number of primary amides is 1. The zero-order valence-corrected chi connectivity index (χ0v) is 9.97. The molecule has 0 aromatic rings. The van der Waals surface area contributed by atoms with Crippen molar-refractivity contribution in [1.29, 1.82) is 0 Å². The molecule has 6 N–H and O–H groups in total. The van der Waals surface area contributed by atoms with Crippen LogP contribution in [-0.2, 0) is 14.4 Å². The number of nitrogens with two attached hydrogens (primary N) is 2. The van der Waals surface area contributed by atoms with E-state index < -0.39 is 29.9 Å². The fourth-order valence-electron chi connectivity index (χ4n) is 1.11. The number of nitrogens with one attached hydrogen (secondary N) is 1. The van der Waals surface area contributed by atoms with Crippen LogP contribution in [0.3, 0.4) is 0 Å². The number of carboxylic acids is 1. The van der Waals surface area contributed by atoms with Crippen molar-refractivity contribution >= 4 is 17.8 Å². The summed E-state index contributed by atoms with van der Waals surface area (Å²) in [5.41, 5.74) is 10.5. The number of aliphatic carboxylic acids is 1. The Morgan fingerprint density at radius 2 is 1.82 bits per heavy atom. The average molecular weight is 245 g/mol. The molecule has 0 heterocycles. The van der Waals surface area contributed by atoms with Crippen LogP contribution >= 0.6 is 0 Å². The summed E-state index contributed by atoms with van der Waals surface area (Å²) in [6.45, 7) is 3.51. The highest BCUT2D eigenvalue weighted by atomic mass is 16.4. The van der Waals surface area contributed by atoms with Crippen molar-refractivity contribution < 1.29 is 19.5 Å². The minimum atomic E-state index is -1.21. The summed E-state index contributed by atoms with van der Waals surface area (Å²) < 4.78 is 0. The van der Waals surface area contributed by atoms with E-state index in [4.69, 9.17) is 16.6 Å². The fraction of sp³-hybridized carbons (Fsp3) is 0.700. The van der Waals surface area contributed by atoms with Gasteiger partial charge in [-0.05, 0) is 12.3 Å². The summed E-state index contributed by atoms with van der Waals surface area (Å²) >= 11 is 0. The molecule has 17 heavy (non-hydrogen) atoms. The first-order valence-corrected chi connectivity index (χ1v) is 5.32. The van der Waals surface area contributed by atoms with Gasteiger partial charge in [0.25, 0.3) is 0 Å². The SMILES string of the molecule is CC(C)C(N)C(=O)NC(CCC(N)=O)C(=O)O. The first-order chi connectivity index (χ1) is 7.75. The third-order valence-corrected chi connectivity index (χ3v) is 2.31. The molecule has 7 heteroatoms. The molecule has 0 aliphatic heterocycles. The fourth-order valence-corrected chi connectivity index (χ4v) is 1.11. The van der Waals surface area contributed by atoms with E-state index in [2.05, 4.69) is 5.32 Å². The van der Waals surface area contributed by atoms with Gasteiger partial charge in [0.05, 0.1) is 6.04 Å². The summed E-state index contributed by atoms with van der Waals surface area (Å²) in [4.78, 5) is 32.9. The summed E-state index contributed by atoms with van der Waals surface area (Å²) in [6, 6.07) is -1.91. The third kappa shape index (κ3) is 5.86. The van der Waals surface area contributed by atoms with Crippen molar-refractivity contribution in [3.63, 3.8) is 0 Å². The topological polar surface area (TPSA) is 136 Å². The van der Waals surface area contributed by atoms with Crippen molar-refractivity contribution in [3.05, 3.63) is 0 Å². The Balaban J connectivity index is 4.39. The molecule has 2 unspecified atom stereocenters. The summed E-state index contributed by atoms with van der Waals surface area (Å²) in [5.74, 6) is -2.47. The first-order valence-electron chi connectivity index (χ1n) is 5.32. The van der Waals surface area contributed by atoms with E-state index in [-0.39, 0.29) is 18.8 Å². The number of carboxylic acid groups (broad SMARTS) is 1. The zero-order valence-electron chi connectivity index (χ0n) is 9.97. The number of hydrogen-bond acceptors (Lipinski definition) is 4. The van der Waals surface area contributed by atoms with Gasteiger partial charge >= 0.3 is 5.97 Å². The van der Waals surface area contributed by atoms with E-state index in [0.717, 1.165) is 0 Å². The van der Waals surface area contributed by atoms with Gasteiger partial charge in [0, 0.05) is 6.42 Å². The second-order valence-electron chi connectivity index (χ2n) is 4.17. The third-order valence-electron chi connectivity index (χ3n) is 2.31. The van der Waals surface area contributed by atoms with Gasteiger partial charge in [0.1, 0.15) is 6.04 Å². The maximum Gasteiger partial charge on any atom is 0.326 e. The lowest BCUT2D eigenvalue weighted by molar-refractivity contribution is -0.142. The Morgan fingerprint density at radius 1 is 1.29 bits per heavy atom. The van der Waals surface area contributed by atoms with E-state index >= 15 is 0 Å². The van der Waals surface area contributed by atoms with Crippen molar-refractivity contribution in [2.75, 3.05) is 0 Å². The van der Waals surface area contributed by atoms with Crippen LogP contribution in [0.2, 0.25) is 0 Å². The molecular formula is C10H19N3O4. The maximum atomic E-state index is 11.5.